The second-order valence-electron chi connectivity index (χ2n) is 5.77. The summed E-state index contributed by atoms with van der Waals surface area (Å²) in [5.41, 5.74) is 0.166. The third kappa shape index (κ3) is 2.51. The van der Waals surface area contributed by atoms with E-state index in [4.69, 9.17) is 0 Å². The molecule has 1 aromatic carbocycles. The van der Waals surface area contributed by atoms with Gasteiger partial charge in [0, 0.05) is 24.2 Å². The highest BCUT2D eigenvalue weighted by molar-refractivity contribution is 5.23. The standard InChI is InChI=1S/C15H20F2N2/c1-10(15-12(16)3-2-4-13(15)17)18-14-9-19-7-5-11(14)6-8-19/h2-4,10-11,14,18H,5-9H2,1H3. The smallest absolute Gasteiger partial charge is 0.130 e. The van der Waals surface area contributed by atoms with Gasteiger partial charge in [-0.25, -0.2) is 8.78 Å². The van der Waals surface area contributed by atoms with Crippen LogP contribution in [-0.2, 0) is 0 Å². The molecule has 1 N–H and O–H groups in total. The van der Waals surface area contributed by atoms with Crippen molar-refractivity contribution in [3.8, 4) is 0 Å². The van der Waals surface area contributed by atoms with E-state index in [2.05, 4.69) is 10.2 Å². The maximum atomic E-state index is 13.8. The zero-order valence-corrected chi connectivity index (χ0v) is 11.2. The largest absolute Gasteiger partial charge is 0.306 e. The molecule has 1 aromatic rings. The number of rotatable bonds is 3. The minimum atomic E-state index is -0.457. The Hall–Kier alpha value is -1.00. The van der Waals surface area contributed by atoms with Crippen LogP contribution in [0.1, 0.15) is 31.4 Å². The number of hydrogen-bond acceptors (Lipinski definition) is 2. The van der Waals surface area contributed by atoms with E-state index >= 15 is 0 Å². The van der Waals surface area contributed by atoms with Gasteiger partial charge in [-0.1, -0.05) is 6.07 Å². The Morgan fingerprint density at radius 3 is 2.37 bits per heavy atom. The molecule has 3 saturated heterocycles. The Bertz CT molecular complexity index is 435. The molecule has 0 aromatic heterocycles. The summed E-state index contributed by atoms with van der Waals surface area (Å²) in [6.07, 6.45) is 2.40. The van der Waals surface area contributed by atoms with Gasteiger partial charge in [0.25, 0.3) is 0 Å². The Balaban J connectivity index is 1.73. The van der Waals surface area contributed by atoms with Crippen molar-refractivity contribution in [1.29, 1.82) is 0 Å². The summed E-state index contributed by atoms with van der Waals surface area (Å²) in [4.78, 5) is 2.43. The van der Waals surface area contributed by atoms with Crippen LogP contribution in [0.25, 0.3) is 0 Å². The molecule has 3 heterocycles. The molecule has 19 heavy (non-hydrogen) atoms. The topological polar surface area (TPSA) is 15.3 Å². The molecule has 2 bridgehead atoms. The van der Waals surface area contributed by atoms with Crippen molar-refractivity contribution in [2.24, 2.45) is 5.92 Å². The number of halogens is 2. The van der Waals surface area contributed by atoms with Crippen molar-refractivity contribution < 1.29 is 8.78 Å². The molecule has 2 nitrogen and oxygen atoms in total. The normalized spacial score (nSPS) is 31.4. The first-order valence-electron chi connectivity index (χ1n) is 7.07. The van der Waals surface area contributed by atoms with E-state index in [1.807, 2.05) is 6.92 Å². The van der Waals surface area contributed by atoms with Crippen molar-refractivity contribution in [2.45, 2.75) is 31.8 Å². The highest BCUT2D eigenvalue weighted by Crippen LogP contribution is 2.30. The highest BCUT2D eigenvalue weighted by Gasteiger charge is 2.35. The van der Waals surface area contributed by atoms with Crippen molar-refractivity contribution in [2.75, 3.05) is 19.6 Å². The number of hydrogen-bond donors (Lipinski definition) is 1. The van der Waals surface area contributed by atoms with Crippen LogP contribution in [0.2, 0.25) is 0 Å². The van der Waals surface area contributed by atoms with Crippen LogP contribution in [0.4, 0.5) is 8.78 Å². The van der Waals surface area contributed by atoms with Crippen LogP contribution in [0.3, 0.4) is 0 Å². The third-order valence-electron chi connectivity index (χ3n) is 4.55. The van der Waals surface area contributed by atoms with Crippen LogP contribution >= 0.6 is 0 Å². The number of fused-ring (bicyclic) bond motifs is 3. The summed E-state index contributed by atoms with van der Waals surface area (Å²) in [7, 11) is 0. The van der Waals surface area contributed by atoms with Gasteiger partial charge in [0.15, 0.2) is 0 Å². The second-order valence-corrected chi connectivity index (χ2v) is 5.77. The van der Waals surface area contributed by atoms with Gasteiger partial charge in [-0.3, -0.25) is 0 Å². The zero-order valence-electron chi connectivity index (χ0n) is 11.2. The molecule has 3 fully saturated rings. The zero-order chi connectivity index (χ0) is 13.4. The fraction of sp³-hybridized carbons (Fsp3) is 0.600. The average Bonchev–Trinajstić information content (AvgIpc) is 2.40. The highest BCUT2D eigenvalue weighted by atomic mass is 19.1. The summed E-state index contributed by atoms with van der Waals surface area (Å²) in [5, 5.41) is 3.43. The molecule has 0 aliphatic carbocycles. The number of benzene rings is 1. The monoisotopic (exact) mass is 266 g/mol. The average molecular weight is 266 g/mol. The van der Waals surface area contributed by atoms with Crippen LogP contribution in [0.5, 0.6) is 0 Å². The maximum absolute atomic E-state index is 13.8. The van der Waals surface area contributed by atoms with E-state index < -0.39 is 11.6 Å². The molecular formula is C15H20F2N2. The van der Waals surface area contributed by atoms with Gasteiger partial charge in [0.1, 0.15) is 11.6 Å². The molecular weight excluding hydrogens is 246 g/mol. The van der Waals surface area contributed by atoms with E-state index in [0.717, 1.165) is 6.54 Å². The molecule has 0 saturated carbocycles. The molecule has 2 atom stereocenters. The Labute approximate surface area is 112 Å². The van der Waals surface area contributed by atoms with E-state index in [1.54, 1.807) is 0 Å². The van der Waals surface area contributed by atoms with Gasteiger partial charge in [-0.15, -0.1) is 0 Å². The fourth-order valence-corrected chi connectivity index (χ4v) is 3.48. The first-order valence-corrected chi connectivity index (χ1v) is 7.07. The Morgan fingerprint density at radius 1 is 1.21 bits per heavy atom. The lowest BCUT2D eigenvalue weighted by Gasteiger charge is -2.46. The van der Waals surface area contributed by atoms with Crippen LogP contribution in [-0.4, -0.2) is 30.6 Å². The van der Waals surface area contributed by atoms with Crippen molar-refractivity contribution in [1.82, 2.24) is 10.2 Å². The minimum Gasteiger partial charge on any atom is -0.306 e. The molecule has 2 unspecified atom stereocenters. The SMILES string of the molecule is CC(NC1CN2CCC1CC2)c1c(F)cccc1F. The molecule has 0 radical (unpaired) electrons. The van der Waals surface area contributed by atoms with Crippen LogP contribution < -0.4 is 5.32 Å². The van der Waals surface area contributed by atoms with Gasteiger partial charge in [0.2, 0.25) is 0 Å². The van der Waals surface area contributed by atoms with Gasteiger partial charge >= 0.3 is 0 Å². The molecule has 0 spiro atoms. The fourth-order valence-electron chi connectivity index (χ4n) is 3.48. The minimum absolute atomic E-state index is 0.166. The molecule has 3 aliphatic rings. The van der Waals surface area contributed by atoms with Crippen LogP contribution in [0, 0.1) is 17.6 Å². The summed E-state index contributed by atoms with van der Waals surface area (Å²) in [6.45, 7) is 5.20. The first-order chi connectivity index (χ1) is 9.15. The van der Waals surface area contributed by atoms with Gasteiger partial charge in [-0.2, -0.15) is 0 Å². The molecule has 3 aliphatic heterocycles. The summed E-state index contributed by atoms with van der Waals surface area (Å²) in [6, 6.07) is 4.14. The Kier molecular flexibility index (Phi) is 3.54. The van der Waals surface area contributed by atoms with E-state index in [-0.39, 0.29) is 11.6 Å². The number of piperidine rings is 3. The Morgan fingerprint density at radius 2 is 1.84 bits per heavy atom. The lowest BCUT2D eigenvalue weighted by atomic mass is 9.83. The van der Waals surface area contributed by atoms with Crippen molar-refractivity contribution in [3.05, 3.63) is 35.4 Å². The third-order valence-corrected chi connectivity index (χ3v) is 4.55. The predicted molar refractivity (Wildman–Crippen MR) is 70.9 cm³/mol. The van der Waals surface area contributed by atoms with Gasteiger partial charge in [-0.05, 0) is 50.9 Å². The summed E-state index contributed by atoms with van der Waals surface area (Å²) >= 11 is 0. The summed E-state index contributed by atoms with van der Waals surface area (Å²) in [5.74, 6) is -0.259. The molecule has 104 valence electrons. The molecule has 4 heteroatoms. The lowest BCUT2D eigenvalue weighted by molar-refractivity contribution is 0.0676. The second kappa shape index (κ2) is 5.17. The van der Waals surface area contributed by atoms with Crippen LogP contribution in [0.15, 0.2) is 18.2 Å². The predicted octanol–water partition coefficient (Wildman–Crippen LogP) is 2.71. The van der Waals surface area contributed by atoms with E-state index in [1.165, 1.54) is 44.1 Å². The van der Waals surface area contributed by atoms with Crippen molar-refractivity contribution >= 4 is 0 Å². The first kappa shape index (κ1) is 13.0. The molecule has 4 rings (SSSR count). The maximum Gasteiger partial charge on any atom is 0.130 e. The number of nitrogens with zero attached hydrogens (tertiary/aromatic N) is 1. The molecule has 0 amide bonds. The lowest BCUT2D eigenvalue weighted by Crippen LogP contribution is -2.56. The van der Waals surface area contributed by atoms with E-state index in [0.29, 0.717) is 12.0 Å². The van der Waals surface area contributed by atoms with Crippen molar-refractivity contribution in [3.63, 3.8) is 0 Å². The van der Waals surface area contributed by atoms with E-state index in [9.17, 15) is 8.78 Å². The van der Waals surface area contributed by atoms with Gasteiger partial charge in [0.05, 0.1) is 0 Å². The quantitative estimate of drug-likeness (QED) is 0.905. The summed E-state index contributed by atoms with van der Waals surface area (Å²) < 4.78 is 27.5. The van der Waals surface area contributed by atoms with Gasteiger partial charge < -0.3 is 10.2 Å². The number of nitrogens with one attached hydrogen (secondary N) is 1.